The molecule has 1 saturated carbocycles. The van der Waals surface area contributed by atoms with E-state index in [-0.39, 0.29) is 5.56 Å². The maximum atomic E-state index is 11.6. The first-order valence-corrected chi connectivity index (χ1v) is 10.2. The van der Waals surface area contributed by atoms with Gasteiger partial charge in [0.05, 0.1) is 6.61 Å². The molecule has 0 unspecified atom stereocenters. The molecule has 0 spiro atoms. The lowest BCUT2D eigenvalue weighted by Gasteiger charge is -2.25. The van der Waals surface area contributed by atoms with Gasteiger partial charge in [-0.05, 0) is 56.0 Å². The number of aromatic carboxylic acids is 1. The summed E-state index contributed by atoms with van der Waals surface area (Å²) in [4.78, 5) is 17.9. The third kappa shape index (κ3) is 5.01. The number of hydrogen-bond acceptors (Lipinski definition) is 4. The minimum atomic E-state index is -0.969. The monoisotopic (exact) mass is 432 g/mol. The van der Waals surface area contributed by atoms with Gasteiger partial charge in [0.2, 0.25) is 0 Å². The SMILES string of the molecule is CCN(Cc1cc(Br)ccc1OCC1CCCC1)c1ncccc1C(=O)O. The molecular weight excluding hydrogens is 408 g/mol. The van der Waals surface area contributed by atoms with Gasteiger partial charge in [-0.1, -0.05) is 28.8 Å². The Labute approximate surface area is 168 Å². The molecule has 1 aromatic heterocycles. The number of carboxylic acid groups (broad SMARTS) is 1. The van der Waals surface area contributed by atoms with Crippen molar-refractivity contribution in [3.8, 4) is 5.75 Å². The Kier molecular flexibility index (Phi) is 6.72. The molecule has 0 amide bonds. The predicted molar refractivity (Wildman–Crippen MR) is 110 cm³/mol. The van der Waals surface area contributed by atoms with E-state index in [1.54, 1.807) is 18.3 Å². The molecule has 1 aliphatic rings. The lowest BCUT2D eigenvalue weighted by molar-refractivity contribution is 0.0697. The van der Waals surface area contributed by atoms with Crippen molar-refractivity contribution in [1.82, 2.24) is 4.98 Å². The van der Waals surface area contributed by atoms with Crippen LogP contribution in [-0.4, -0.2) is 29.2 Å². The van der Waals surface area contributed by atoms with Gasteiger partial charge in [0, 0.05) is 29.3 Å². The highest BCUT2D eigenvalue weighted by Crippen LogP contribution is 2.30. The fourth-order valence-corrected chi connectivity index (χ4v) is 3.96. The van der Waals surface area contributed by atoms with Gasteiger partial charge in [0.1, 0.15) is 17.1 Å². The van der Waals surface area contributed by atoms with E-state index in [1.807, 2.05) is 30.0 Å². The largest absolute Gasteiger partial charge is 0.493 e. The van der Waals surface area contributed by atoms with Crippen LogP contribution in [0.15, 0.2) is 41.0 Å². The molecule has 0 saturated heterocycles. The van der Waals surface area contributed by atoms with Gasteiger partial charge in [-0.25, -0.2) is 9.78 Å². The number of nitrogens with zero attached hydrogens (tertiary/aromatic N) is 2. The maximum absolute atomic E-state index is 11.6. The summed E-state index contributed by atoms with van der Waals surface area (Å²) >= 11 is 3.54. The fraction of sp³-hybridized carbons (Fsp3) is 0.429. The summed E-state index contributed by atoms with van der Waals surface area (Å²) in [6, 6.07) is 9.24. The molecule has 0 radical (unpaired) electrons. The summed E-state index contributed by atoms with van der Waals surface area (Å²) in [6.45, 7) is 3.92. The quantitative estimate of drug-likeness (QED) is 0.625. The number of carbonyl (C=O) groups is 1. The molecule has 1 heterocycles. The van der Waals surface area contributed by atoms with Gasteiger partial charge in [0.25, 0.3) is 0 Å². The number of aromatic nitrogens is 1. The van der Waals surface area contributed by atoms with Gasteiger partial charge in [0.15, 0.2) is 0 Å². The molecular formula is C21H25BrN2O3. The molecule has 27 heavy (non-hydrogen) atoms. The van der Waals surface area contributed by atoms with Crippen molar-refractivity contribution in [2.24, 2.45) is 5.92 Å². The molecule has 5 nitrogen and oxygen atoms in total. The third-order valence-corrected chi connectivity index (χ3v) is 5.52. The number of hydrogen-bond donors (Lipinski definition) is 1. The van der Waals surface area contributed by atoms with Gasteiger partial charge >= 0.3 is 5.97 Å². The Balaban J connectivity index is 1.82. The smallest absolute Gasteiger partial charge is 0.339 e. The molecule has 2 aromatic rings. The van der Waals surface area contributed by atoms with Crippen LogP contribution in [0, 0.1) is 5.92 Å². The summed E-state index contributed by atoms with van der Waals surface area (Å²) in [5.41, 5.74) is 1.23. The molecule has 1 aromatic carbocycles. The Hall–Kier alpha value is -2.08. The summed E-state index contributed by atoms with van der Waals surface area (Å²) in [5, 5.41) is 9.48. The Morgan fingerprint density at radius 2 is 2.11 bits per heavy atom. The second-order valence-electron chi connectivity index (χ2n) is 6.91. The lowest BCUT2D eigenvalue weighted by Crippen LogP contribution is -2.26. The van der Waals surface area contributed by atoms with Gasteiger partial charge < -0.3 is 14.7 Å². The second kappa shape index (κ2) is 9.22. The van der Waals surface area contributed by atoms with Crippen LogP contribution in [0.3, 0.4) is 0 Å². The molecule has 144 valence electrons. The van der Waals surface area contributed by atoms with Crippen LogP contribution in [0.5, 0.6) is 5.75 Å². The molecule has 1 fully saturated rings. The van der Waals surface area contributed by atoms with E-state index in [4.69, 9.17) is 4.74 Å². The normalized spacial score (nSPS) is 14.3. The van der Waals surface area contributed by atoms with Crippen molar-refractivity contribution in [2.75, 3.05) is 18.1 Å². The van der Waals surface area contributed by atoms with E-state index in [0.717, 1.165) is 22.4 Å². The average Bonchev–Trinajstić information content (AvgIpc) is 3.19. The summed E-state index contributed by atoms with van der Waals surface area (Å²) in [6.07, 6.45) is 6.69. The molecule has 0 bridgehead atoms. The molecule has 0 aliphatic heterocycles. The molecule has 1 N–H and O–H groups in total. The fourth-order valence-electron chi connectivity index (χ4n) is 3.56. The maximum Gasteiger partial charge on any atom is 0.339 e. The number of halogens is 1. The van der Waals surface area contributed by atoms with Gasteiger partial charge in [-0.2, -0.15) is 0 Å². The Bertz CT molecular complexity index is 791. The zero-order valence-electron chi connectivity index (χ0n) is 15.5. The highest BCUT2D eigenvalue weighted by atomic mass is 79.9. The average molecular weight is 433 g/mol. The Morgan fingerprint density at radius 3 is 2.81 bits per heavy atom. The zero-order chi connectivity index (χ0) is 19.2. The van der Waals surface area contributed by atoms with Crippen LogP contribution in [0.4, 0.5) is 5.82 Å². The standard InChI is InChI=1S/C21H25BrN2O3/c1-2-24(20-18(21(25)26)8-5-11-23-20)13-16-12-17(22)9-10-19(16)27-14-15-6-3-4-7-15/h5,8-12,15H,2-4,6-7,13-14H2,1H3,(H,25,26). The van der Waals surface area contributed by atoms with E-state index < -0.39 is 5.97 Å². The molecule has 3 rings (SSSR count). The number of anilines is 1. The number of benzene rings is 1. The van der Waals surface area contributed by atoms with Crippen LogP contribution >= 0.6 is 15.9 Å². The topological polar surface area (TPSA) is 62.7 Å². The molecule has 0 atom stereocenters. The minimum absolute atomic E-state index is 0.211. The third-order valence-electron chi connectivity index (χ3n) is 5.03. The molecule has 6 heteroatoms. The second-order valence-corrected chi connectivity index (χ2v) is 7.82. The van der Waals surface area contributed by atoms with Crippen molar-refractivity contribution in [1.29, 1.82) is 0 Å². The van der Waals surface area contributed by atoms with Crippen LogP contribution in [-0.2, 0) is 6.54 Å². The van der Waals surface area contributed by atoms with Crippen molar-refractivity contribution >= 4 is 27.7 Å². The van der Waals surface area contributed by atoms with Crippen LogP contribution < -0.4 is 9.64 Å². The van der Waals surface area contributed by atoms with Crippen molar-refractivity contribution in [3.05, 3.63) is 52.1 Å². The minimum Gasteiger partial charge on any atom is -0.493 e. The summed E-state index contributed by atoms with van der Waals surface area (Å²) in [5.74, 6) is 1.01. The highest BCUT2D eigenvalue weighted by Gasteiger charge is 2.19. The Morgan fingerprint density at radius 1 is 1.33 bits per heavy atom. The zero-order valence-corrected chi connectivity index (χ0v) is 17.1. The summed E-state index contributed by atoms with van der Waals surface area (Å²) in [7, 11) is 0. The first kappa shape index (κ1) is 19.7. The lowest BCUT2D eigenvalue weighted by atomic mass is 10.1. The van der Waals surface area contributed by atoms with E-state index in [1.165, 1.54) is 25.7 Å². The number of rotatable bonds is 8. The number of pyridine rings is 1. The number of carboxylic acids is 1. The van der Waals surface area contributed by atoms with Crippen molar-refractivity contribution in [3.63, 3.8) is 0 Å². The predicted octanol–water partition coefficient (Wildman–Crippen LogP) is 5.14. The number of ether oxygens (including phenoxy) is 1. The first-order chi connectivity index (χ1) is 13.1. The summed E-state index contributed by atoms with van der Waals surface area (Å²) < 4.78 is 7.12. The van der Waals surface area contributed by atoms with Crippen molar-refractivity contribution < 1.29 is 14.6 Å². The van der Waals surface area contributed by atoms with Crippen LogP contribution in [0.2, 0.25) is 0 Å². The van der Waals surface area contributed by atoms with E-state index in [2.05, 4.69) is 20.9 Å². The first-order valence-electron chi connectivity index (χ1n) is 9.43. The molecule has 1 aliphatic carbocycles. The van der Waals surface area contributed by atoms with Gasteiger partial charge in [-0.3, -0.25) is 0 Å². The van der Waals surface area contributed by atoms with Crippen LogP contribution in [0.25, 0.3) is 0 Å². The van der Waals surface area contributed by atoms with Gasteiger partial charge in [-0.15, -0.1) is 0 Å². The highest BCUT2D eigenvalue weighted by molar-refractivity contribution is 9.10. The van der Waals surface area contributed by atoms with Crippen LogP contribution in [0.1, 0.15) is 48.5 Å². The van der Waals surface area contributed by atoms with E-state index in [9.17, 15) is 9.90 Å². The van der Waals surface area contributed by atoms with E-state index >= 15 is 0 Å². The van der Waals surface area contributed by atoms with Crippen molar-refractivity contribution in [2.45, 2.75) is 39.2 Å². The van der Waals surface area contributed by atoms with E-state index in [0.29, 0.717) is 24.8 Å².